The molecule has 10 heteroatoms. The number of nitrogens with zero attached hydrogens (tertiary/aromatic N) is 3. The first-order valence-corrected chi connectivity index (χ1v) is 15.9. The molecular weight excluding hydrogens is 603 g/mol. The molecule has 0 saturated carbocycles. The molecule has 0 unspecified atom stereocenters. The van der Waals surface area contributed by atoms with Crippen molar-refractivity contribution in [3.63, 3.8) is 0 Å². The minimum atomic E-state index is -2.15. The highest BCUT2D eigenvalue weighted by molar-refractivity contribution is 6.33. The molecule has 3 rings (SSSR count). The maximum Gasteiger partial charge on any atom is 0.240 e. The summed E-state index contributed by atoms with van der Waals surface area (Å²) in [6, 6.07) is 13.9. The molecular formula is C35H57ClF3N3O3. The number of hydrogen-bond donors (Lipinski definition) is 0. The highest BCUT2D eigenvalue weighted by atomic mass is 35.5. The molecule has 0 radical (unpaired) electrons. The lowest BCUT2D eigenvalue weighted by molar-refractivity contribution is -0.117. The minimum absolute atomic E-state index is 0.481. The van der Waals surface area contributed by atoms with Crippen molar-refractivity contribution in [1.82, 2.24) is 9.80 Å². The van der Waals surface area contributed by atoms with Crippen LogP contribution in [0.5, 0.6) is 5.75 Å². The molecule has 1 aliphatic heterocycles. The molecule has 2 aromatic rings. The third-order valence-corrected chi connectivity index (χ3v) is 6.84. The Morgan fingerprint density at radius 2 is 1.58 bits per heavy atom. The van der Waals surface area contributed by atoms with Gasteiger partial charge in [0, 0.05) is 43.9 Å². The Morgan fingerprint density at radius 1 is 1.00 bits per heavy atom. The van der Waals surface area contributed by atoms with Crippen molar-refractivity contribution < 1.29 is 27.5 Å². The van der Waals surface area contributed by atoms with Gasteiger partial charge in [0.25, 0.3) is 0 Å². The third kappa shape index (κ3) is 22.4. The van der Waals surface area contributed by atoms with Crippen LogP contribution >= 0.6 is 11.6 Å². The molecule has 0 spiro atoms. The second-order valence-electron chi connectivity index (χ2n) is 11.3. The lowest BCUT2D eigenvalue weighted by atomic mass is 9.92. The molecule has 0 aliphatic carbocycles. The number of anilines is 1. The van der Waals surface area contributed by atoms with E-state index in [1.54, 1.807) is 11.0 Å². The van der Waals surface area contributed by atoms with Crippen LogP contribution in [0, 0.1) is 11.8 Å². The fourth-order valence-electron chi connectivity index (χ4n) is 3.99. The normalized spacial score (nSPS) is 12.4. The van der Waals surface area contributed by atoms with Crippen LogP contribution in [0.1, 0.15) is 69.3 Å². The van der Waals surface area contributed by atoms with Crippen molar-refractivity contribution in [2.75, 3.05) is 66.5 Å². The quantitative estimate of drug-likeness (QED) is 0.226. The zero-order valence-corrected chi connectivity index (χ0v) is 29.6. The average molecular weight is 660 g/mol. The van der Waals surface area contributed by atoms with Crippen LogP contribution in [-0.2, 0) is 11.2 Å². The first-order valence-electron chi connectivity index (χ1n) is 15.5. The first-order chi connectivity index (χ1) is 21.4. The summed E-state index contributed by atoms with van der Waals surface area (Å²) in [4.78, 5) is 27.4. The fraction of sp³-hybridized carbons (Fsp3) is 0.600. The van der Waals surface area contributed by atoms with Gasteiger partial charge in [-0.15, -0.1) is 0 Å². The van der Waals surface area contributed by atoms with Crippen LogP contribution in [0.4, 0.5) is 18.9 Å². The van der Waals surface area contributed by atoms with Gasteiger partial charge in [-0.3, -0.25) is 14.0 Å². The molecule has 1 heterocycles. The number of aryl methyl sites for hydroxylation is 1. The number of rotatable bonds is 11. The molecule has 0 aromatic heterocycles. The van der Waals surface area contributed by atoms with E-state index in [0.29, 0.717) is 17.8 Å². The molecule has 2 aromatic carbocycles. The number of piperidine rings is 1. The van der Waals surface area contributed by atoms with Crippen molar-refractivity contribution in [3.8, 4) is 5.75 Å². The number of benzene rings is 2. The van der Waals surface area contributed by atoms with Gasteiger partial charge in [0.1, 0.15) is 5.75 Å². The summed E-state index contributed by atoms with van der Waals surface area (Å²) in [6.45, 7) is 10.7. The first kappa shape index (κ1) is 44.3. The summed E-state index contributed by atoms with van der Waals surface area (Å²) in [5, 5.41) is 0.520. The van der Waals surface area contributed by atoms with Gasteiger partial charge in [0.2, 0.25) is 12.8 Å². The van der Waals surface area contributed by atoms with Crippen LogP contribution in [0.25, 0.3) is 0 Å². The topological polar surface area (TPSA) is 53.1 Å². The number of alkyl halides is 3. The zero-order chi connectivity index (χ0) is 34.8. The Hall–Kier alpha value is -2.78. The maximum absolute atomic E-state index is 11.2. The van der Waals surface area contributed by atoms with Crippen molar-refractivity contribution in [2.24, 2.45) is 11.8 Å². The molecule has 1 saturated heterocycles. The lowest BCUT2D eigenvalue weighted by Gasteiger charge is -2.34. The van der Waals surface area contributed by atoms with E-state index in [1.165, 1.54) is 25.8 Å². The van der Waals surface area contributed by atoms with E-state index < -0.39 is 12.3 Å². The second-order valence-corrected chi connectivity index (χ2v) is 11.7. The fourth-order valence-corrected chi connectivity index (χ4v) is 4.21. The smallest absolute Gasteiger partial charge is 0.240 e. The highest BCUT2D eigenvalue weighted by Gasteiger charge is 2.19. The number of halogens is 4. The minimum Gasteiger partial charge on any atom is -0.494 e. The van der Waals surface area contributed by atoms with Crippen LogP contribution in [0.15, 0.2) is 42.5 Å². The van der Waals surface area contributed by atoms with E-state index in [4.69, 9.17) is 16.3 Å². The molecule has 258 valence electrons. The van der Waals surface area contributed by atoms with E-state index in [0.717, 1.165) is 82.0 Å². The van der Waals surface area contributed by atoms with E-state index in [1.807, 2.05) is 64.3 Å². The molecule has 0 N–H and O–H groups in total. The van der Waals surface area contributed by atoms with Gasteiger partial charge < -0.3 is 19.4 Å². The van der Waals surface area contributed by atoms with Crippen LogP contribution < -0.4 is 9.64 Å². The van der Waals surface area contributed by atoms with Gasteiger partial charge in [-0.1, -0.05) is 44.5 Å². The Labute approximate surface area is 275 Å². The largest absolute Gasteiger partial charge is 0.494 e. The molecule has 1 fully saturated rings. The van der Waals surface area contributed by atoms with Gasteiger partial charge in [-0.25, -0.2) is 8.78 Å². The summed E-state index contributed by atoms with van der Waals surface area (Å²) in [7, 11) is 8.32. The van der Waals surface area contributed by atoms with Gasteiger partial charge >= 0.3 is 0 Å². The molecule has 1 aliphatic rings. The zero-order valence-electron chi connectivity index (χ0n) is 28.9. The predicted molar refractivity (Wildman–Crippen MR) is 184 cm³/mol. The Bertz CT molecular complexity index is 1010. The summed E-state index contributed by atoms with van der Waals surface area (Å²) in [5.74, 6) is 1.23. The molecule has 0 atom stereocenters. The Morgan fingerprint density at radius 3 is 2.02 bits per heavy atom. The number of aldehydes is 1. The average Bonchev–Trinajstić information content (AvgIpc) is 3.03. The summed E-state index contributed by atoms with van der Waals surface area (Å²) < 4.78 is 37.2. The van der Waals surface area contributed by atoms with E-state index in [-0.39, 0.29) is 0 Å². The lowest BCUT2D eigenvalue weighted by Crippen LogP contribution is -2.33. The van der Waals surface area contributed by atoms with Crippen LogP contribution in [-0.4, -0.2) is 90.5 Å². The Balaban J connectivity index is 0. The number of hydrogen-bond acceptors (Lipinski definition) is 5. The number of carbonyl (C=O) groups excluding carboxylic acids is 2. The van der Waals surface area contributed by atoms with Crippen molar-refractivity contribution >= 4 is 30.0 Å². The highest BCUT2D eigenvalue weighted by Crippen LogP contribution is 2.28. The van der Waals surface area contributed by atoms with Crippen molar-refractivity contribution in [3.05, 3.63) is 58.6 Å². The summed E-state index contributed by atoms with van der Waals surface area (Å²) in [5.41, 5.74) is 2.96. The molecule has 45 heavy (non-hydrogen) atoms. The number of amides is 1. The standard InChI is InChI=1S/C17H23ClN2O2.C10H14O.C4H8F2.C3H9N.CH3F/c1-19(13-22)8-2-3-14-6-9-20(10-7-14)16-5-4-15(12-21)17(18)11-16;1-3-9-6-5-7-10(8-9)11-4-2;1-3(2)4(5)6;1-4(2)3;1-2/h4-5,11-14H,2-3,6-10H2,1H3;5-8H,3-4H2,1-2H3;3-4H,1-2H3;1-3H3;1H3. The molecule has 6 nitrogen and oxygen atoms in total. The van der Waals surface area contributed by atoms with Gasteiger partial charge in [0.15, 0.2) is 6.29 Å². The maximum atomic E-state index is 11.2. The van der Waals surface area contributed by atoms with E-state index >= 15 is 0 Å². The van der Waals surface area contributed by atoms with Crippen molar-refractivity contribution in [1.29, 1.82) is 0 Å². The van der Waals surface area contributed by atoms with Gasteiger partial charge in [-0.2, -0.15) is 0 Å². The van der Waals surface area contributed by atoms with Crippen LogP contribution in [0.2, 0.25) is 5.02 Å². The SMILES string of the molecule is CC(C)C(F)F.CCOc1cccc(CC)c1.CF.CN(C)C.CN(C=O)CCCC1CCN(c2ccc(C=O)c(Cl)c2)CC1. The monoisotopic (exact) mass is 659 g/mol. The Kier molecular flexibility index (Phi) is 27.1. The third-order valence-electron chi connectivity index (χ3n) is 6.52. The van der Waals surface area contributed by atoms with E-state index in [9.17, 15) is 22.8 Å². The number of carbonyl (C=O) groups is 2. The number of ether oxygens (including phenoxy) is 1. The van der Waals surface area contributed by atoms with Crippen LogP contribution in [0.3, 0.4) is 0 Å². The van der Waals surface area contributed by atoms with E-state index in [2.05, 4.69) is 24.0 Å². The summed E-state index contributed by atoms with van der Waals surface area (Å²) in [6.07, 6.45) is 5.17. The van der Waals surface area contributed by atoms with Gasteiger partial charge in [0.05, 0.1) is 18.8 Å². The predicted octanol–water partition coefficient (Wildman–Crippen LogP) is 8.56. The van der Waals surface area contributed by atoms with Crippen molar-refractivity contribution in [2.45, 2.75) is 66.2 Å². The van der Waals surface area contributed by atoms with Gasteiger partial charge in [-0.05, 0) is 102 Å². The second kappa shape index (κ2) is 27.5. The molecule has 1 amide bonds. The molecule has 0 bridgehead atoms. The summed E-state index contributed by atoms with van der Waals surface area (Å²) >= 11 is 6.10.